The van der Waals surface area contributed by atoms with Gasteiger partial charge in [-0.2, -0.15) is 8.42 Å². The van der Waals surface area contributed by atoms with Crippen LogP contribution in [0.4, 0.5) is 0 Å². The van der Waals surface area contributed by atoms with Gasteiger partial charge in [0.05, 0.1) is 19.3 Å². The molecule has 7 nitrogen and oxygen atoms in total. The zero-order chi connectivity index (χ0) is 22.0. The second-order valence-electron chi connectivity index (χ2n) is 8.00. The number of carbonyl (C=O) groups is 1. The minimum atomic E-state index is -3.97. The number of aryl methyl sites for hydroxylation is 2. The fourth-order valence-electron chi connectivity index (χ4n) is 4.06. The van der Waals surface area contributed by atoms with Gasteiger partial charge in [0.15, 0.2) is 6.29 Å². The fourth-order valence-corrected chi connectivity index (χ4v) is 5.31. The Balaban J connectivity index is 1.49. The van der Waals surface area contributed by atoms with Crippen molar-refractivity contribution >= 4 is 16.0 Å². The quantitative estimate of drug-likeness (QED) is 0.656. The molecule has 2 aromatic rings. The molecule has 0 spiro atoms. The Morgan fingerprint density at radius 2 is 1.74 bits per heavy atom. The number of likely N-dealkylation sites (tertiary alicyclic amines) is 1. The summed E-state index contributed by atoms with van der Waals surface area (Å²) in [5, 5.41) is 0. The summed E-state index contributed by atoms with van der Waals surface area (Å²) >= 11 is 0. The summed E-state index contributed by atoms with van der Waals surface area (Å²) in [5.74, 6) is 0.0443. The van der Waals surface area contributed by atoms with Crippen LogP contribution < -0.4 is 4.18 Å². The van der Waals surface area contributed by atoms with Crippen molar-refractivity contribution in [3.63, 3.8) is 0 Å². The molecule has 2 fully saturated rings. The molecule has 1 atom stereocenters. The molecule has 0 N–H and O–H groups in total. The highest BCUT2D eigenvalue weighted by atomic mass is 32.2. The van der Waals surface area contributed by atoms with E-state index in [1.165, 1.54) is 12.1 Å². The first-order valence-corrected chi connectivity index (χ1v) is 11.9. The molecule has 166 valence electrons. The highest BCUT2D eigenvalue weighted by Crippen LogP contribution is 2.27. The predicted octanol–water partition coefficient (Wildman–Crippen LogP) is 3.44. The van der Waals surface area contributed by atoms with Crippen molar-refractivity contribution in [2.24, 2.45) is 0 Å². The van der Waals surface area contributed by atoms with E-state index in [4.69, 9.17) is 13.7 Å². The van der Waals surface area contributed by atoms with Gasteiger partial charge in [-0.15, -0.1) is 0 Å². The van der Waals surface area contributed by atoms with Crippen LogP contribution in [0.2, 0.25) is 0 Å². The lowest BCUT2D eigenvalue weighted by Gasteiger charge is -2.38. The van der Waals surface area contributed by atoms with E-state index in [0.717, 1.165) is 24.8 Å². The average molecular weight is 446 g/mol. The van der Waals surface area contributed by atoms with Crippen LogP contribution in [0, 0.1) is 13.8 Å². The molecule has 8 heteroatoms. The van der Waals surface area contributed by atoms with Gasteiger partial charge in [-0.3, -0.25) is 4.79 Å². The van der Waals surface area contributed by atoms with Gasteiger partial charge in [0.25, 0.3) is 5.91 Å². The smallest absolute Gasteiger partial charge is 0.339 e. The summed E-state index contributed by atoms with van der Waals surface area (Å²) in [7, 11) is -3.97. The van der Waals surface area contributed by atoms with Crippen LogP contribution in [0.5, 0.6) is 5.75 Å². The number of carbonyl (C=O) groups excluding carboxylic acids is 1. The highest BCUT2D eigenvalue weighted by molar-refractivity contribution is 7.87. The van der Waals surface area contributed by atoms with Crippen LogP contribution in [0.25, 0.3) is 0 Å². The molecule has 0 saturated carbocycles. The van der Waals surface area contributed by atoms with E-state index in [0.29, 0.717) is 30.9 Å². The topological polar surface area (TPSA) is 82.1 Å². The van der Waals surface area contributed by atoms with Gasteiger partial charge in [-0.25, -0.2) is 0 Å². The maximum atomic E-state index is 13.1. The molecule has 1 amide bonds. The molecule has 31 heavy (non-hydrogen) atoms. The zero-order valence-corrected chi connectivity index (χ0v) is 18.6. The summed E-state index contributed by atoms with van der Waals surface area (Å²) < 4.78 is 42.0. The number of benzene rings is 2. The Hall–Kier alpha value is -2.42. The van der Waals surface area contributed by atoms with Crippen LogP contribution in [0.1, 0.15) is 40.7 Å². The number of nitrogens with zero attached hydrogens (tertiary/aromatic N) is 1. The average Bonchev–Trinajstić information content (AvgIpc) is 3.30. The number of amides is 1. The fraction of sp³-hybridized carbons (Fsp3) is 0.435. The predicted molar refractivity (Wildman–Crippen MR) is 115 cm³/mol. The minimum Gasteiger partial charge on any atom is -0.379 e. The monoisotopic (exact) mass is 445 g/mol. The lowest BCUT2D eigenvalue weighted by molar-refractivity contribution is -0.100. The molecule has 2 heterocycles. The molecule has 0 aliphatic carbocycles. The van der Waals surface area contributed by atoms with Crippen molar-refractivity contribution < 1.29 is 26.9 Å². The van der Waals surface area contributed by atoms with Crippen LogP contribution in [0.15, 0.2) is 47.4 Å². The van der Waals surface area contributed by atoms with Crippen LogP contribution >= 0.6 is 0 Å². The molecule has 2 aromatic carbocycles. The molecule has 4 rings (SSSR count). The van der Waals surface area contributed by atoms with E-state index < -0.39 is 10.1 Å². The summed E-state index contributed by atoms with van der Waals surface area (Å²) in [4.78, 5) is 15.1. The van der Waals surface area contributed by atoms with Crippen molar-refractivity contribution in [1.82, 2.24) is 4.90 Å². The number of rotatable bonds is 5. The van der Waals surface area contributed by atoms with Gasteiger partial charge in [0.1, 0.15) is 10.6 Å². The van der Waals surface area contributed by atoms with Crippen molar-refractivity contribution in [3.05, 3.63) is 59.2 Å². The van der Waals surface area contributed by atoms with Gasteiger partial charge in [0.2, 0.25) is 0 Å². The summed E-state index contributed by atoms with van der Waals surface area (Å²) in [6, 6.07) is 11.3. The third-order valence-corrected chi connectivity index (χ3v) is 7.08. The minimum absolute atomic E-state index is 0.107. The van der Waals surface area contributed by atoms with E-state index >= 15 is 0 Å². The van der Waals surface area contributed by atoms with Gasteiger partial charge in [-0.05, 0) is 74.6 Å². The molecule has 2 saturated heterocycles. The first kappa shape index (κ1) is 21.8. The first-order chi connectivity index (χ1) is 14.8. The van der Waals surface area contributed by atoms with Crippen molar-refractivity contribution in [2.75, 3.05) is 19.8 Å². The number of hydrogen-bond donors (Lipinski definition) is 0. The standard InChI is InChI=1S/C23H27NO6S/c1-16-6-7-17(2)21(15-16)31(26,27)30-19-10-8-18(9-11-19)22(25)24-12-4-3-5-20(24)23-28-13-14-29-23/h6-11,15,20,23H,3-5,12-14H2,1-2H3. The van der Waals surface area contributed by atoms with Gasteiger partial charge in [-0.1, -0.05) is 12.1 Å². The largest absolute Gasteiger partial charge is 0.379 e. The van der Waals surface area contributed by atoms with E-state index in [-0.39, 0.29) is 28.9 Å². The SMILES string of the molecule is Cc1ccc(C)c(S(=O)(=O)Oc2ccc(C(=O)N3CCCCC3C3OCCO3)cc2)c1. The molecule has 0 bridgehead atoms. The van der Waals surface area contributed by atoms with Crippen molar-refractivity contribution in [2.45, 2.75) is 50.3 Å². The number of ether oxygens (including phenoxy) is 2. The first-order valence-electron chi connectivity index (χ1n) is 10.5. The molecule has 0 radical (unpaired) electrons. The van der Waals surface area contributed by atoms with E-state index in [1.54, 1.807) is 31.2 Å². The second-order valence-corrected chi connectivity index (χ2v) is 9.52. The number of hydrogen-bond acceptors (Lipinski definition) is 6. The Morgan fingerprint density at radius 3 is 2.45 bits per heavy atom. The molecule has 2 aliphatic rings. The van der Waals surface area contributed by atoms with Gasteiger partial charge in [0, 0.05) is 12.1 Å². The zero-order valence-electron chi connectivity index (χ0n) is 17.7. The normalized spacial score (nSPS) is 20.1. The third-order valence-electron chi connectivity index (χ3n) is 5.69. The van der Waals surface area contributed by atoms with E-state index in [1.807, 2.05) is 17.9 Å². The maximum Gasteiger partial charge on any atom is 0.339 e. The maximum absolute atomic E-state index is 13.1. The molecule has 1 unspecified atom stereocenters. The lowest BCUT2D eigenvalue weighted by atomic mass is 10.00. The van der Waals surface area contributed by atoms with Gasteiger partial charge >= 0.3 is 10.1 Å². The summed E-state index contributed by atoms with van der Waals surface area (Å²) in [5.41, 5.74) is 1.92. The van der Waals surface area contributed by atoms with Crippen LogP contribution in [-0.2, 0) is 19.6 Å². The van der Waals surface area contributed by atoms with E-state index in [2.05, 4.69) is 0 Å². The van der Waals surface area contributed by atoms with Crippen molar-refractivity contribution in [3.8, 4) is 5.75 Å². The van der Waals surface area contributed by atoms with Crippen molar-refractivity contribution in [1.29, 1.82) is 0 Å². The Kier molecular flexibility index (Phi) is 6.31. The van der Waals surface area contributed by atoms with E-state index in [9.17, 15) is 13.2 Å². The third kappa shape index (κ3) is 4.76. The molecule has 0 aromatic heterocycles. The molecule has 2 aliphatic heterocycles. The second kappa shape index (κ2) is 8.98. The van der Waals surface area contributed by atoms with Crippen LogP contribution in [0.3, 0.4) is 0 Å². The Morgan fingerprint density at radius 1 is 1.03 bits per heavy atom. The number of piperidine rings is 1. The van der Waals surface area contributed by atoms with Crippen LogP contribution in [-0.4, -0.2) is 51.3 Å². The lowest BCUT2D eigenvalue weighted by Crippen LogP contribution is -2.50. The van der Waals surface area contributed by atoms with Gasteiger partial charge < -0.3 is 18.6 Å². The summed E-state index contributed by atoms with van der Waals surface area (Å²) in [6.07, 6.45) is 2.42. The highest BCUT2D eigenvalue weighted by Gasteiger charge is 2.36. The molecular formula is C23H27NO6S. The Labute approximate surface area is 183 Å². The molecular weight excluding hydrogens is 418 g/mol. The Bertz CT molecular complexity index is 1040. The summed E-state index contributed by atoms with van der Waals surface area (Å²) in [6.45, 7) is 5.29.